The molecule has 100 valence electrons. The first kappa shape index (κ1) is 13.9. The zero-order chi connectivity index (χ0) is 12.8. The fraction of sp³-hybridized carbons (Fsp3) is 0.600. The molecule has 2 rings (SSSR count). The van der Waals surface area contributed by atoms with Crippen LogP contribution in [0.15, 0.2) is 24.3 Å². The number of aryl methyl sites for hydroxylation is 1. The normalized spacial score (nSPS) is 18.1. The van der Waals surface area contributed by atoms with Crippen molar-refractivity contribution >= 4 is 11.6 Å². The average Bonchev–Trinajstić information content (AvgIpc) is 2.88. The molecule has 0 aromatic heterocycles. The Hall–Kier alpha value is -0.570. The lowest BCUT2D eigenvalue weighted by molar-refractivity contribution is -0.170. The maximum absolute atomic E-state index is 5.85. The van der Waals surface area contributed by atoms with Crippen molar-refractivity contribution in [2.24, 2.45) is 0 Å². The number of hydrogen-bond acceptors (Lipinski definition) is 2. The van der Waals surface area contributed by atoms with E-state index in [1.54, 1.807) is 0 Å². The zero-order valence-corrected chi connectivity index (χ0v) is 11.7. The molecule has 1 fully saturated rings. The summed E-state index contributed by atoms with van der Waals surface area (Å²) in [5.74, 6) is 0.0853. The summed E-state index contributed by atoms with van der Waals surface area (Å²) in [5.41, 5.74) is 2.48. The summed E-state index contributed by atoms with van der Waals surface area (Å²) in [7, 11) is 0. The molecule has 0 atom stereocenters. The van der Waals surface area contributed by atoms with Crippen LogP contribution in [-0.4, -0.2) is 19.1 Å². The molecule has 0 N–H and O–H groups in total. The van der Waals surface area contributed by atoms with Crippen molar-refractivity contribution < 1.29 is 9.47 Å². The maximum Gasteiger partial charge on any atom is 0.195 e. The molecule has 2 nitrogen and oxygen atoms in total. The van der Waals surface area contributed by atoms with E-state index < -0.39 is 5.79 Å². The van der Waals surface area contributed by atoms with E-state index in [0.717, 1.165) is 24.8 Å². The third kappa shape index (κ3) is 3.05. The fourth-order valence-corrected chi connectivity index (χ4v) is 2.56. The predicted octanol–water partition coefficient (Wildman–Crippen LogP) is 3.86. The molecule has 1 aliphatic heterocycles. The lowest BCUT2D eigenvalue weighted by Gasteiger charge is -2.27. The molecule has 0 amide bonds. The Morgan fingerprint density at radius 1 is 1.17 bits per heavy atom. The van der Waals surface area contributed by atoms with Crippen LogP contribution in [0.2, 0.25) is 0 Å². The first-order chi connectivity index (χ1) is 8.80. The third-order valence-corrected chi connectivity index (χ3v) is 3.59. The molecule has 18 heavy (non-hydrogen) atoms. The highest BCUT2D eigenvalue weighted by Gasteiger charge is 2.37. The van der Waals surface area contributed by atoms with Gasteiger partial charge in [0, 0.05) is 17.9 Å². The predicted molar refractivity (Wildman–Crippen MR) is 74.0 cm³/mol. The van der Waals surface area contributed by atoms with E-state index in [4.69, 9.17) is 21.1 Å². The third-order valence-electron chi connectivity index (χ3n) is 3.33. The molecule has 1 saturated heterocycles. The number of rotatable bonds is 6. The highest BCUT2D eigenvalue weighted by atomic mass is 35.5. The lowest BCUT2D eigenvalue weighted by atomic mass is 9.98. The molecule has 0 saturated carbocycles. The summed E-state index contributed by atoms with van der Waals surface area (Å²) in [6.45, 7) is 3.52. The van der Waals surface area contributed by atoms with E-state index in [-0.39, 0.29) is 0 Å². The van der Waals surface area contributed by atoms with Crippen LogP contribution in [0.3, 0.4) is 0 Å². The van der Waals surface area contributed by atoms with Crippen LogP contribution in [0.4, 0.5) is 0 Å². The van der Waals surface area contributed by atoms with Gasteiger partial charge in [0.15, 0.2) is 5.79 Å². The summed E-state index contributed by atoms with van der Waals surface area (Å²) in [5, 5.41) is 0. The average molecular weight is 269 g/mol. The Bertz CT molecular complexity index is 355. The van der Waals surface area contributed by atoms with Crippen LogP contribution in [0, 0.1) is 0 Å². The topological polar surface area (TPSA) is 18.5 Å². The van der Waals surface area contributed by atoms with Crippen LogP contribution >= 0.6 is 11.6 Å². The van der Waals surface area contributed by atoms with E-state index >= 15 is 0 Å². The monoisotopic (exact) mass is 268 g/mol. The summed E-state index contributed by atoms with van der Waals surface area (Å²) < 4.78 is 11.7. The fourth-order valence-electron chi connectivity index (χ4n) is 2.42. The van der Waals surface area contributed by atoms with Gasteiger partial charge in [-0.1, -0.05) is 37.6 Å². The number of ether oxygens (including phenoxy) is 2. The largest absolute Gasteiger partial charge is 0.343 e. The van der Waals surface area contributed by atoms with E-state index in [1.165, 1.54) is 12.0 Å². The minimum absolute atomic E-state index is 0.556. The molecule has 3 heteroatoms. The van der Waals surface area contributed by atoms with Gasteiger partial charge >= 0.3 is 0 Å². The SMILES string of the molecule is CCCc1ccc(C2(CCCCl)OCCO2)cc1. The highest BCUT2D eigenvalue weighted by molar-refractivity contribution is 6.17. The van der Waals surface area contributed by atoms with Gasteiger partial charge in [0.2, 0.25) is 0 Å². The van der Waals surface area contributed by atoms with Crippen molar-refractivity contribution in [3.8, 4) is 0 Å². The van der Waals surface area contributed by atoms with E-state index in [0.29, 0.717) is 19.1 Å². The molecule has 0 unspecified atom stereocenters. The van der Waals surface area contributed by atoms with Gasteiger partial charge in [0.1, 0.15) is 0 Å². The first-order valence-electron chi connectivity index (χ1n) is 6.74. The minimum atomic E-state index is -0.556. The van der Waals surface area contributed by atoms with E-state index in [1.807, 2.05) is 0 Å². The van der Waals surface area contributed by atoms with Gasteiger partial charge in [-0.3, -0.25) is 0 Å². The molecule has 1 aromatic rings. The summed E-state index contributed by atoms with van der Waals surface area (Å²) in [4.78, 5) is 0. The molecular formula is C15H21ClO2. The Kier molecular flexibility index (Phi) is 5.04. The van der Waals surface area contributed by atoms with Crippen molar-refractivity contribution in [1.82, 2.24) is 0 Å². The standard InChI is InChI=1S/C15H21ClO2/c1-2-4-13-5-7-14(8-6-13)15(9-3-10-16)17-11-12-18-15/h5-8H,2-4,9-12H2,1H3. The summed E-state index contributed by atoms with van der Waals surface area (Å²) >= 11 is 5.78. The highest BCUT2D eigenvalue weighted by Crippen LogP contribution is 2.36. The Balaban J connectivity index is 2.14. The molecule has 0 spiro atoms. The smallest absolute Gasteiger partial charge is 0.195 e. The van der Waals surface area contributed by atoms with Crippen LogP contribution in [0.5, 0.6) is 0 Å². The Morgan fingerprint density at radius 3 is 2.39 bits per heavy atom. The van der Waals surface area contributed by atoms with Gasteiger partial charge in [-0.25, -0.2) is 0 Å². The van der Waals surface area contributed by atoms with Crippen LogP contribution in [-0.2, 0) is 21.7 Å². The summed E-state index contributed by atoms with van der Waals surface area (Å²) in [6.07, 6.45) is 4.02. The summed E-state index contributed by atoms with van der Waals surface area (Å²) in [6, 6.07) is 8.60. The van der Waals surface area contributed by atoms with Gasteiger partial charge in [0.25, 0.3) is 0 Å². The number of hydrogen-bond donors (Lipinski definition) is 0. The van der Waals surface area contributed by atoms with Crippen LogP contribution < -0.4 is 0 Å². The number of alkyl halides is 1. The van der Waals surface area contributed by atoms with Crippen molar-refractivity contribution in [3.63, 3.8) is 0 Å². The number of benzene rings is 1. The second-order valence-electron chi connectivity index (χ2n) is 4.69. The molecule has 1 aliphatic rings. The molecule has 1 aromatic carbocycles. The molecule has 0 aliphatic carbocycles. The van der Waals surface area contributed by atoms with Crippen LogP contribution in [0.1, 0.15) is 37.3 Å². The van der Waals surface area contributed by atoms with Gasteiger partial charge in [-0.2, -0.15) is 0 Å². The molecule has 0 bridgehead atoms. The van der Waals surface area contributed by atoms with Crippen molar-refractivity contribution in [1.29, 1.82) is 0 Å². The maximum atomic E-state index is 5.85. The van der Waals surface area contributed by atoms with Gasteiger partial charge in [0.05, 0.1) is 13.2 Å². The minimum Gasteiger partial charge on any atom is -0.343 e. The second-order valence-corrected chi connectivity index (χ2v) is 5.07. The van der Waals surface area contributed by atoms with Gasteiger partial charge < -0.3 is 9.47 Å². The van der Waals surface area contributed by atoms with Crippen molar-refractivity contribution in [2.45, 2.75) is 38.4 Å². The Labute approximate surface area is 114 Å². The van der Waals surface area contributed by atoms with Gasteiger partial charge in [-0.15, -0.1) is 11.6 Å². The van der Waals surface area contributed by atoms with Crippen molar-refractivity contribution in [2.75, 3.05) is 19.1 Å². The first-order valence-corrected chi connectivity index (χ1v) is 7.27. The van der Waals surface area contributed by atoms with E-state index in [9.17, 15) is 0 Å². The van der Waals surface area contributed by atoms with Gasteiger partial charge in [-0.05, 0) is 18.4 Å². The van der Waals surface area contributed by atoms with E-state index in [2.05, 4.69) is 31.2 Å². The van der Waals surface area contributed by atoms with Crippen LogP contribution in [0.25, 0.3) is 0 Å². The molecule has 0 radical (unpaired) electrons. The molecule has 1 heterocycles. The zero-order valence-electron chi connectivity index (χ0n) is 11.0. The second kappa shape index (κ2) is 6.55. The van der Waals surface area contributed by atoms with Crippen molar-refractivity contribution in [3.05, 3.63) is 35.4 Å². The number of halogens is 1. The lowest BCUT2D eigenvalue weighted by Crippen LogP contribution is -2.27. The Morgan fingerprint density at radius 2 is 1.83 bits per heavy atom. The molecular weight excluding hydrogens is 248 g/mol. The quantitative estimate of drug-likeness (QED) is 0.730.